The van der Waals surface area contributed by atoms with Crippen LogP contribution in [0, 0.1) is 0 Å². The minimum absolute atomic E-state index is 0.330. The van der Waals surface area contributed by atoms with Gasteiger partial charge in [0.05, 0.1) is 10.0 Å². The van der Waals surface area contributed by atoms with E-state index in [-0.39, 0.29) is 0 Å². The number of nitrogens with zero attached hydrogens (tertiary/aromatic N) is 2. The lowest BCUT2D eigenvalue weighted by Gasteiger charge is -2.10. The molecule has 1 heterocycles. The first kappa shape index (κ1) is 14.1. The van der Waals surface area contributed by atoms with Gasteiger partial charge in [-0.25, -0.2) is 9.97 Å². The van der Waals surface area contributed by atoms with Crippen LogP contribution in [-0.2, 0) is 0 Å². The van der Waals surface area contributed by atoms with E-state index in [2.05, 4.69) is 29.1 Å². The Hall–Kier alpha value is -1.32. The van der Waals surface area contributed by atoms with Gasteiger partial charge in [0, 0.05) is 24.4 Å². The Kier molecular flexibility index (Phi) is 4.27. The lowest BCUT2D eigenvalue weighted by atomic mass is 10.1. The molecule has 1 N–H and O–H groups in total. The summed E-state index contributed by atoms with van der Waals surface area (Å²) >= 11 is 12.0. The minimum Gasteiger partial charge on any atom is -0.373 e. The Morgan fingerprint density at radius 1 is 1.05 bits per heavy atom. The first-order valence-electron chi connectivity index (χ1n) is 6.03. The van der Waals surface area contributed by atoms with Crippen molar-refractivity contribution in [3.05, 3.63) is 40.0 Å². The molecule has 19 heavy (non-hydrogen) atoms. The molecule has 2 aromatic rings. The number of benzene rings is 1. The maximum absolute atomic E-state index is 6.04. The smallest absolute Gasteiger partial charge is 0.161 e. The number of aromatic nitrogens is 2. The van der Waals surface area contributed by atoms with E-state index in [0.717, 1.165) is 17.1 Å². The molecule has 0 spiro atoms. The van der Waals surface area contributed by atoms with Crippen molar-refractivity contribution in [2.24, 2.45) is 0 Å². The van der Waals surface area contributed by atoms with E-state index in [1.165, 1.54) is 0 Å². The molecule has 0 aliphatic carbocycles. The summed E-state index contributed by atoms with van der Waals surface area (Å²) in [5, 5.41) is 4.08. The summed E-state index contributed by atoms with van der Waals surface area (Å²) in [5.74, 6) is 1.77. The minimum atomic E-state index is 0.330. The first-order valence-corrected chi connectivity index (χ1v) is 6.79. The summed E-state index contributed by atoms with van der Waals surface area (Å²) in [4.78, 5) is 9.02. The third kappa shape index (κ3) is 3.17. The lowest BCUT2D eigenvalue weighted by molar-refractivity contribution is 0.817. The number of rotatable bonds is 3. The highest BCUT2D eigenvalue weighted by atomic mass is 35.5. The third-order valence-electron chi connectivity index (χ3n) is 2.77. The van der Waals surface area contributed by atoms with Gasteiger partial charge < -0.3 is 5.32 Å². The standard InChI is InChI=1S/C14H15Cl2N3/c1-8(2)12-7-13(17-3)19-14(18-12)9-4-5-10(15)11(16)6-9/h4-8H,1-3H3,(H,17,18,19). The van der Waals surface area contributed by atoms with Gasteiger partial charge in [-0.15, -0.1) is 0 Å². The maximum atomic E-state index is 6.04. The van der Waals surface area contributed by atoms with Crippen LogP contribution < -0.4 is 5.32 Å². The van der Waals surface area contributed by atoms with Crippen LogP contribution in [0.5, 0.6) is 0 Å². The van der Waals surface area contributed by atoms with Crippen LogP contribution in [0.25, 0.3) is 11.4 Å². The SMILES string of the molecule is CNc1cc(C(C)C)nc(-c2ccc(Cl)c(Cl)c2)n1. The first-order chi connectivity index (χ1) is 9.01. The molecule has 0 aliphatic heterocycles. The van der Waals surface area contributed by atoms with Crippen molar-refractivity contribution in [3.63, 3.8) is 0 Å². The van der Waals surface area contributed by atoms with E-state index in [0.29, 0.717) is 21.8 Å². The Labute approximate surface area is 123 Å². The maximum Gasteiger partial charge on any atom is 0.161 e. The second-order valence-corrected chi connectivity index (χ2v) is 5.35. The van der Waals surface area contributed by atoms with Crippen molar-refractivity contribution in [1.82, 2.24) is 9.97 Å². The van der Waals surface area contributed by atoms with Crippen LogP contribution in [-0.4, -0.2) is 17.0 Å². The fourth-order valence-corrected chi connectivity index (χ4v) is 1.95. The molecule has 2 rings (SSSR count). The number of halogens is 2. The van der Waals surface area contributed by atoms with Crippen LogP contribution in [0.3, 0.4) is 0 Å². The van der Waals surface area contributed by atoms with Gasteiger partial charge >= 0.3 is 0 Å². The van der Waals surface area contributed by atoms with Gasteiger partial charge in [0.25, 0.3) is 0 Å². The van der Waals surface area contributed by atoms with Crippen molar-refractivity contribution >= 4 is 29.0 Å². The second kappa shape index (κ2) is 5.76. The van der Waals surface area contributed by atoms with Crippen LogP contribution in [0.2, 0.25) is 10.0 Å². The summed E-state index contributed by atoms with van der Waals surface area (Å²) in [6, 6.07) is 7.35. The molecule has 3 nitrogen and oxygen atoms in total. The van der Waals surface area contributed by atoms with E-state index >= 15 is 0 Å². The topological polar surface area (TPSA) is 37.8 Å². The van der Waals surface area contributed by atoms with Crippen molar-refractivity contribution in [2.75, 3.05) is 12.4 Å². The third-order valence-corrected chi connectivity index (χ3v) is 3.51. The molecule has 0 bridgehead atoms. The van der Waals surface area contributed by atoms with Crippen LogP contribution >= 0.6 is 23.2 Å². The van der Waals surface area contributed by atoms with E-state index in [1.54, 1.807) is 12.1 Å². The van der Waals surface area contributed by atoms with E-state index < -0.39 is 0 Å². The number of hydrogen-bond acceptors (Lipinski definition) is 3. The van der Waals surface area contributed by atoms with Gasteiger partial charge in [-0.1, -0.05) is 37.0 Å². The average Bonchev–Trinajstić information content (AvgIpc) is 2.41. The molecule has 0 fully saturated rings. The Bertz CT molecular complexity index is 597. The number of hydrogen-bond donors (Lipinski definition) is 1. The molecule has 0 amide bonds. The van der Waals surface area contributed by atoms with Gasteiger partial charge in [-0.3, -0.25) is 0 Å². The molecule has 1 aromatic heterocycles. The highest BCUT2D eigenvalue weighted by Crippen LogP contribution is 2.28. The Morgan fingerprint density at radius 2 is 1.79 bits per heavy atom. The summed E-state index contributed by atoms with van der Waals surface area (Å²) in [6.45, 7) is 4.20. The molecule has 0 atom stereocenters. The molecule has 0 radical (unpaired) electrons. The predicted molar refractivity (Wildman–Crippen MR) is 81.1 cm³/mol. The van der Waals surface area contributed by atoms with Crippen LogP contribution in [0.4, 0.5) is 5.82 Å². The predicted octanol–water partition coefficient (Wildman–Crippen LogP) is 4.62. The van der Waals surface area contributed by atoms with Crippen molar-refractivity contribution in [3.8, 4) is 11.4 Å². The van der Waals surface area contributed by atoms with Crippen molar-refractivity contribution in [1.29, 1.82) is 0 Å². The van der Waals surface area contributed by atoms with Crippen LogP contribution in [0.1, 0.15) is 25.5 Å². The Morgan fingerprint density at radius 3 is 2.37 bits per heavy atom. The summed E-state index contributed by atoms with van der Waals surface area (Å²) in [7, 11) is 1.84. The molecule has 0 saturated heterocycles. The van der Waals surface area contributed by atoms with Crippen LogP contribution in [0.15, 0.2) is 24.3 Å². The van der Waals surface area contributed by atoms with E-state index in [1.807, 2.05) is 19.2 Å². The van der Waals surface area contributed by atoms with Gasteiger partial charge in [-0.05, 0) is 24.1 Å². The van der Waals surface area contributed by atoms with E-state index in [9.17, 15) is 0 Å². The largest absolute Gasteiger partial charge is 0.373 e. The number of anilines is 1. The fraction of sp³-hybridized carbons (Fsp3) is 0.286. The highest BCUT2D eigenvalue weighted by molar-refractivity contribution is 6.42. The van der Waals surface area contributed by atoms with Gasteiger partial charge in [0.15, 0.2) is 5.82 Å². The summed E-state index contributed by atoms with van der Waals surface area (Å²) in [5.41, 5.74) is 1.84. The zero-order valence-electron chi connectivity index (χ0n) is 11.0. The average molecular weight is 296 g/mol. The van der Waals surface area contributed by atoms with Crippen molar-refractivity contribution < 1.29 is 0 Å². The van der Waals surface area contributed by atoms with Gasteiger partial charge in [-0.2, -0.15) is 0 Å². The van der Waals surface area contributed by atoms with E-state index in [4.69, 9.17) is 23.2 Å². The highest BCUT2D eigenvalue weighted by Gasteiger charge is 2.10. The zero-order chi connectivity index (χ0) is 14.0. The zero-order valence-corrected chi connectivity index (χ0v) is 12.5. The van der Waals surface area contributed by atoms with Crippen molar-refractivity contribution in [2.45, 2.75) is 19.8 Å². The molecule has 1 aromatic carbocycles. The number of nitrogens with one attached hydrogen (secondary N) is 1. The quantitative estimate of drug-likeness (QED) is 0.898. The normalized spacial score (nSPS) is 10.8. The Balaban J connectivity index is 2.54. The summed E-state index contributed by atoms with van der Waals surface area (Å²) in [6.07, 6.45) is 0. The van der Waals surface area contributed by atoms with Gasteiger partial charge in [0.2, 0.25) is 0 Å². The molecular weight excluding hydrogens is 281 g/mol. The lowest BCUT2D eigenvalue weighted by Crippen LogP contribution is -2.02. The molecule has 0 aliphatic rings. The molecular formula is C14H15Cl2N3. The summed E-state index contributed by atoms with van der Waals surface area (Å²) < 4.78 is 0. The molecule has 0 unspecified atom stereocenters. The fourth-order valence-electron chi connectivity index (χ4n) is 1.65. The second-order valence-electron chi connectivity index (χ2n) is 4.54. The molecule has 0 saturated carbocycles. The monoisotopic (exact) mass is 295 g/mol. The molecule has 5 heteroatoms. The van der Waals surface area contributed by atoms with Gasteiger partial charge in [0.1, 0.15) is 5.82 Å². The molecule has 100 valence electrons.